The summed E-state index contributed by atoms with van der Waals surface area (Å²) in [5.74, 6) is -0.741. The van der Waals surface area contributed by atoms with Gasteiger partial charge in [0.15, 0.2) is 12.3 Å². The highest BCUT2D eigenvalue weighted by atomic mass is 16.6. The molecule has 2 aliphatic rings. The van der Waals surface area contributed by atoms with Gasteiger partial charge in [-0.2, -0.15) is 0 Å². The van der Waals surface area contributed by atoms with Gasteiger partial charge >= 0.3 is 5.97 Å². The molecule has 3 rings (SSSR count). The Labute approximate surface area is 160 Å². The maximum atomic E-state index is 12.7. The normalized spacial score (nSPS) is 22.0. The number of hydrogen-bond donors (Lipinski definition) is 0. The lowest BCUT2D eigenvalue weighted by molar-refractivity contribution is -0.166. The predicted octanol–water partition coefficient (Wildman–Crippen LogP) is 2.40. The topological polar surface area (TPSA) is 122 Å². The molecule has 0 N–H and O–H groups in total. The van der Waals surface area contributed by atoms with Crippen molar-refractivity contribution in [2.45, 2.75) is 31.7 Å². The van der Waals surface area contributed by atoms with Crippen LogP contribution in [0, 0.1) is 0 Å². The van der Waals surface area contributed by atoms with Gasteiger partial charge in [-0.25, -0.2) is 4.79 Å². The second-order valence-electron chi connectivity index (χ2n) is 6.17. The Morgan fingerprint density at radius 2 is 2.14 bits per heavy atom. The predicted molar refractivity (Wildman–Crippen MR) is 97.2 cm³/mol. The molecule has 0 aromatic heterocycles. The van der Waals surface area contributed by atoms with Crippen molar-refractivity contribution in [1.29, 1.82) is 0 Å². The summed E-state index contributed by atoms with van der Waals surface area (Å²) < 4.78 is 11.0. The maximum Gasteiger partial charge on any atom is 0.337 e. The van der Waals surface area contributed by atoms with Crippen molar-refractivity contribution in [2.75, 3.05) is 6.54 Å². The first-order valence-electron chi connectivity index (χ1n) is 8.68. The number of β-lactam (4-membered cyclic amide) rings is 1. The van der Waals surface area contributed by atoms with E-state index in [0.717, 1.165) is 5.56 Å². The summed E-state index contributed by atoms with van der Waals surface area (Å²) in [6.45, 7) is 0.202. The quantitative estimate of drug-likeness (QED) is 0.0998. The van der Waals surface area contributed by atoms with Crippen LogP contribution in [0.4, 0.5) is 0 Å². The number of carbonyl (C=O) groups excluding carboxylic acids is 3. The molecule has 2 heterocycles. The number of hydrogen-bond acceptors (Lipinski definition) is 6. The highest BCUT2D eigenvalue weighted by molar-refractivity contribution is 5.93. The van der Waals surface area contributed by atoms with E-state index in [4.69, 9.17) is 15.0 Å². The van der Waals surface area contributed by atoms with E-state index in [9.17, 15) is 14.4 Å². The number of benzene rings is 1. The summed E-state index contributed by atoms with van der Waals surface area (Å²) in [6.07, 6.45) is 3.61. The number of nitrogens with zero attached hydrogens (tertiary/aromatic N) is 4. The molecule has 0 aliphatic carbocycles. The van der Waals surface area contributed by atoms with Gasteiger partial charge in [-0.05, 0) is 17.5 Å². The Kier molecular flexibility index (Phi) is 6.08. The summed E-state index contributed by atoms with van der Waals surface area (Å²) in [5.41, 5.74) is 9.31. The molecule has 1 aromatic rings. The average Bonchev–Trinajstić information content (AvgIpc) is 3.02. The molecule has 2 fully saturated rings. The van der Waals surface area contributed by atoms with E-state index in [-0.39, 0.29) is 43.2 Å². The molecule has 2 atom stereocenters. The highest BCUT2D eigenvalue weighted by Crippen LogP contribution is 2.38. The number of fused-ring (bicyclic) bond motifs is 1. The van der Waals surface area contributed by atoms with Gasteiger partial charge in [0.25, 0.3) is 0 Å². The van der Waals surface area contributed by atoms with Crippen molar-refractivity contribution in [2.24, 2.45) is 5.11 Å². The molecule has 1 amide bonds. The molecule has 0 spiro atoms. The van der Waals surface area contributed by atoms with Crippen LogP contribution in [0.1, 0.15) is 18.4 Å². The van der Waals surface area contributed by atoms with Crippen molar-refractivity contribution < 1.29 is 23.9 Å². The van der Waals surface area contributed by atoms with Crippen LogP contribution in [0.2, 0.25) is 0 Å². The minimum absolute atomic E-state index is 0.0542. The van der Waals surface area contributed by atoms with Gasteiger partial charge in [0.1, 0.15) is 18.7 Å². The lowest BCUT2D eigenvalue weighted by atomic mass is 10.0. The molecule has 2 aliphatic heterocycles. The summed E-state index contributed by atoms with van der Waals surface area (Å²) in [5, 5.41) is 3.36. The minimum Gasteiger partial charge on any atom is -0.471 e. The molecular formula is C19H18N4O5. The van der Waals surface area contributed by atoms with Crippen molar-refractivity contribution >= 4 is 18.2 Å². The molecule has 0 saturated carbocycles. The summed E-state index contributed by atoms with van der Waals surface area (Å²) in [4.78, 5) is 40.1. The molecule has 9 heteroatoms. The lowest BCUT2D eigenvalue weighted by Crippen LogP contribution is -2.55. The first kappa shape index (κ1) is 19.2. The molecule has 144 valence electrons. The van der Waals surface area contributed by atoms with Crippen LogP contribution >= 0.6 is 0 Å². The fraction of sp³-hybridized carbons (Fsp3) is 0.316. The Morgan fingerprint density at radius 3 is 2.82 bits per heavy atom. The Bertz CT molecular complexity index is 874. The monoisotopic (exact) mass is 382 g/mol. The molecule has 0 bridgehead atoms. The molecule has 2 saturated heterocycles. The number of aldehydes is 1. The van der Waals surface area contributed by atoms with Crippen LogP contribution in [0.15, 0.2) is 58.9 Å². The van der Waals surface area contributed by atoms with Crippen molar-refractivity contribution in [3.8, 4) is 0 Å². The zero-order chi connectivity index (χ0) is 19.9. The number of carbonyl (C=O) groups is 3. The summed E-state index contributed by atoms with van der Waals surface area (Å²) in [6, 6.07) is 8.08. The van der Waals surface area contributed by atoms with Crippen molar-refractivity contribution in [1.82, 2.24) is 4.90 Å². The molecule has 1 aromatic carbocycles. The largest absolute Gasteiger partial charge is 0.471 e. The van der Waals surface area contributed by atoms with E-state index in [1.807, 2.05) is 30.3 Å². The van der Waals surface area contributed by atoms with Gasteiger partial charge < -0.3 is 9.47 Å². The first-order chi connectivity index (χ1) is 13.7. The van der Waals surface area contributed by atoms with Crippen LogP contribution in [0.25, 0.3) is 10.4 Å². The third-order valence-electron chi connectivity index (χ3n) is 4.40. The number of esters is 1. The number of allylic oxidation sites excluding steroid dienone is 2. The fourth-order valence-corrected chi connectivity index (χ4v) is 3.00. The van der Waals surface area contributed by atoms with Gasteiger partial charge in [-0.3, -0.25) is 14.5 Å². The smallest absolute Gasteiger partial charge is 0.337 e. The molecule has 1 unspecified atom stereocenters. The van der Waals surface area contributed by atoms with Crippen LogP contribution in [0.5, 0.6) is 0 Å². The second-order valence-corrected chi connectivity index (χ2v) is 6.17. The van der Waals surface area contributed by atoms with Crippen LogP contribution in [-0.4, -0.2) is 41.9 Å². The van der Waals surface area contributed by atoms with E-state index in [1.54, 1.807) is 12.2 Å². The molecule has 9 nitrogen and oxygen atoms in total. The maximum absolute atomic E-state index is 12.7. The average molecular weight is 382 g/mol. The van der Waals surface area contributed by atoms with E-state index in [0.29, 0.717) is 6.29 Å². The molecule has 0 radical (unpaired) electrons. The van der Waals surface area contributed by atoms with Crippen LogP contribution in [-0.2, 0) is 30.5 Å². The standard InChI is InChI=1S/C19H18N4O5/c20-22-21-9-5-4-8-14(11-24)18-17(23-15(25)10-16(23)28-18)19(26)27-12-13-6-2-1-3-7-13/h1-7,11,16-17H,8-10,12H2/b5-4+,18-14+/t16-,17?/m1/s1. The minimum atomic E-state index is -1.07. The highest BCUT2D eigenvalue weighted by Gasteiger charge is 2.55. The fourth-order valence-electron chi connectivity index (χ4n) is 3.00. The first-order valence-corrected chi connectivity index (χ1v) is 8.68. The zero-order valence-electron chi connectivity index (χ0n) is 14.9. The van der Waals surface area contributed by atoms with Gasteiger partial charge in [0.05, 0.1) is 6.42 Å². The van der Waals surface area contributed by atoms with Gasteiger partial charge in [0, 0.05) is 17.0 Å². The van der Waals surface area contributed by atoms with Gasteiger partial charge in [-0.1, -0.05) is 47.6 Å². The van der Waals surface area contributed by atoms with E-state index in [1.165, 1.54) is 4.90 Å². The summed E-state index contributed by atoms with van der Waals surface area (Å²) in [7, 11) is 0. The third kappa shape index (κ3) is 4.05. The van der Waals surface area contributed by atoms with Crippen LogP contribution in [0.3, 0.4) is 0 Å². The van der Waals surface area contributed by atoms with Gasteiger partial charge in [-0.15, -0.1) is 0 Å². The Balaban J connectivity index is 1.77. The number of rotatable bonds is 8. The van der Waals surface area contributed by atoms with E-state index < -0.39 is 18.2 Å². The number of azide groups is 1. The molecule has 28 heavy (non-hydrogen) atoms. The third-order valence-corrected chi connectivity index (χ3v) is 4.40. The molecular weight excluding hydrogens is 364 g/mol. The van der Waals surface area contributed by atoms with Crippen LogP contribution < -0.4 is 0 Å². The van der Waals surface area contributed by atoms with Gasteiger partial charge in [0.2, 0.25) is 5.91 Å². The zero-order valence-corrected chi connectivity index (χ0v) is 14.9. The SMILES string of the molecule is [N-]=[N+]=NC/C=C/C/C(C=O)=C1\O[C@@H]2CC(=O)N2C1C(=O)OCc1ccccc1. The lowest BCUT2D eigenvalue weighted by Gasteiger charge is -2.33. The van der Waals surface area contributed by atoms with E-state index >= 15 is 0 Å². The van der Waals surface area contributed by atoms with Crippen molar-refractivity contribution in [3.63, 3.8) is 0 Å². The number of amides is 1. The van der Waals surface area contributed by atoms with Crippen molar-refractivity contribution in [3.05, 3.63) is 69.8 Å². The Hall–Kier alpha value is -3.58. The number of ether oxygens (including phenoxy) is 2. The van der Waals surface area contributed by atoms with E-state index in [2.05, 4.69) is 10.0 Å². The summed E-state index contributed by atoms with van der Waals surface area (Å²) >= 11 is 0. The second kappa shape index (κ2) is 8.88. The Morgan fingerprint density at radius 1 is 1.36 bits per heavy atom.